The van der Waals surface area contributed by atoms with E-state index in [1.165, 1.54) is 70.5 Å². The highest BCUT2D eigenvalue weighted by molar-refractivity contribution is 5.34. The predicted octanol–water partition coefficient (Wildman–Crippen LogP) is 2.71. The minimum absolute atomic E-state index is 0.481. The van der Waals surface area contributed by atoms with Crippen LogP contribution in [-0.4, -0.2) is 54.6 Å². The zero-order chi connectivity index (χ0) is 14.9. The van der Waals surface area contributed by atoms with E-state index in [1.807, 2.05) is 0 Å². The molecule has 1 aromatic heterocycles. The van der Waals surface area contributed by atoms with Gasteiger partial charge in [0, 0.05) is 38.1 Å². The van der Waals surface area contributed by atoms with Crippen molar-refractivity contribution in [2.75, 3.05) is 39.8 Å². The summed E-state index contributed by atoms with van der Waals surface area (Å²) in [5.41, 5.74) is 5.23. The van der Waals surface area contributed by atoms with Crippen molar-refractivity contribution in [3.8, 4) is 0 Å². The Morgan fingerprint density at radius 3 is 2.71 bits per heavy atom. The molecule has 118 valence electrons. The molecule has 1 N–H and O–H groups in total. The fourth-order valence-corrected chi connectivity index (χ4v) is 3.83. The number of piperazine rings is 1. The van der Waals surface area contributed by atoms with E-state index < -0.39 is 0 Å². The van der Waals surface area contributed by atoms with Gasteiger partial charge in [-0.25, -0.2) is 0 Å². The smallest absolute Gasteiger partial charge is 0.0187 e. The summed E-state index contributed by atoms with van der Waals surface area (Å²) in [6.45, 7) is 11.0. The monoisotopic (exact) mass is 289 g/mol. The average Bonchev–Trinajstić information content (AvgIpc) is 2.82. The molecule has 1 fully saturated rings. The molecule has 0 radical (unpaired) electrons. The first kappa shape index (κ1) is 15.1. The van der Waals surface area contributed by atoms with Crippen LogP contribution in [0.4, 0.5) is 0 Å². The van der Waals surface area contributed by atoms with Gasteiger partial charge in [-0.2, -0.15) is 0 Å². The molecule has 0 aromatic carbocycles. The van der Waals surface area contributed by atoms with Crippen LogP contribution in [0.2, 0.25) is 0 Å². The predicted molar refractivity (Wildman–Crippen MR) is 88.9 cm³/mol. The first-order chi connectivity index (χ1) is 10.0. The largest absolute Gasteiger partial charge is 0.364 e. The van der Waals surface area contributed by atoms with Crippen molar-refractivity contribution in [2.24, 2.45) is 5.41 Å². The molecule has 3 heteroatoms. The Labute approximate surface area is 129 Å². The van der Waals surface area contributed by atoms with E-state index in [2.05, 4.69) is 41.9 Å². The van der Waals surface area contributed by atoms with Gasteiger partial charge in [0.2, 0.25) is 0 Å². The molecule has 2 heterocycles. The average molecular weight is 289 g/mol. The number of fused-ring (bicyclic) bond motifs is 1. The lowest BCUT2D eigenvalue weighted by Gasteiger charge is -2.32. The fourth-order valence-electron chi connectivity index (χ4n) is 3.83. The molecule has 3 nitrogen and oxygen atoms in total. The van der Waals surface area contributed by atoms with Gasteiger partial charge in [0.15, 0.2) is 0 Å². The normalized spacial score (nSPS) is 23.2. The molecular weight excluding hydrogens is 258 g/mol. The summed E-state index contributed by atoms with van der Waals surface area (Å²) in [7, 11) is 2.23. The van der Waals surface area contributed by atoms with Gasteiger partial charge in [0.25, 0.3) is 0 Å². The molecule has 0 amide bonds. The van der Waals surface area contributed by atoms with Crippen molar-refractivity contribution in [2.45, 2.75) is 46.0 Å². The minimum Gasteiger partial charge on any atom is -0.364 e. The standard InChI is InChI=1S/C18H31N3/c1-18(2)7-6-16-15(14-19-17(16)13-18)5-4-8-21-11-9-20(3)10-12-21/h14,19H,4-13H2,1-3H3. The summed E-state index contributed by atoms with van der Waals surface area (Å²) in [6, 6.07) is 0. The quantitative estimate of drug-likeness (QED) is 0.921. The first-order valence-corrected chi connectivity index (χ1v) is 8.62. The number of aryl methyl sites for hydroxylation is 1. The summed E-state index contributed by atoms with van der Waals surface area (Å²) in [5, 5.41) is 0. The van der Waals surface area contributed by atoms with Gasteiger partial charge in [-0.3, -0.25) is 0 Å². The fraction of sp³-hybridized carbons (Fsp3) is 0.778. The summed E-state index contributed by atoms with van der Waals surface area (Å²) >= 11 is 0. The van der Waals surface area contributed by atoms with Crippen LogP contribution in [0.1, 0.15) is 43.5 Å². The van der Waals surface area contributed by atoms with E-state index in [4.69, 9.17) is 0 Å². The Balaban J connectivity index is 1.49. The summed E-state index contributed by atoms with van der Waals surface area (Å²) < 4.78 is 0. The van der Waals surface area contributed by atoms with Crippen molar-refractivity contribution in [1.82, 2.24) is 14.8 Å². The third-order valence-electron chi connectivity index (χ3n) is 5.40. The molecular formula is C18H31N3. The van der Waals surface area contributed by atoms with Gasteiger partial charge in [-0.05, 0) is 62.2 Å². The van der Waals surface area contributed by atoms with Crippen LogP contribution in [0.15, 0.2) is 6.20 Å². The number of likely N-dealkylation sites (N-methyl/N-ethyl adjacent to an activating group) is 1. The van der Waals surface area contributed by atoms with E-state index in [0.717, 1.165) is 0 Å². The summed E-state index contributed by atoms with van der Waals surface area (Å²) in [4.78, 5) is 8.61. The zero-order valence-corrected chi connectivity index (χ0v) is 14.0. The molecule has 0 spiro atoms. The van der Waals surface area contributed by atoms with Crippen molar-refractivity contribution in [3.05, 3.63) is 23.0 Å². The minimum atomic E-state index is 0.481. The molecule has 0 atom stereocenters. The Hall–Kier alpha value is -0.800. The molecule has 21 heavy (non-hydrogen) atoms. The number of nitrogens with zero attached hydrogens (tertiary/aromatic N) is 2. The highest BCUT2D eigenvalue weighted by atomic mass is 15.2. The van der Waals surface area contributed by atoms with Crippen LogP contribution in [-0.2, 0) is 19.3 Å². The number of nitrogens with one attached hydrogen (secondary N) is 1. The lowest BCUT2D eigenvalue weighted by atomic mass is 9.76. The third kappa shape index (κ3) is 3.70. The molecule has 2 aliphatic rings. The van der Waals surface area contributed by atoms with Crippen LogP contribution in [0, 0.1) is 5.41 Å². The van der Waals surface area contributed by atoms with Crippen molar-refractivity contribution >= 4 is 0 Å². The summed E-state index contributed by atoms with van der Waals surface area (Å²) in [6.07, 6.45) is 8.67. The zero-order valence-electron chi connectivity index (χ0n) is 14.0. The highest BCUT2D eigenvalue weighted by Gasteiger charge is 2.27. The second kappa shape index (κ2) is 6.13. The SMILES string of the molecule is CN1CCN(CCCc2c[nH]c3c2CCC(C)(C)C3)CC1. The maximum absolute atomic E-state index is 3.56. The second-order valence-corrected chi connectivity index (χ2v) is 7.86. The molecule has 3 rings (SSSR count). The Morgan fingerprint density at radius 2 is 1.95 bits per heavy atom. The first-order valence-electron chi connectivity index (χ1n) is 8.62. The van der Waals surface area contributed by atoms with Crippen LogP contribution in [0.5, 0.6) is 0 Å². The van der Waals surface area contributed by atoms with Gasteiger partial charge in [0.05, 0.1) is 0 Å². The van der Waals surface area contributed by atoms with Crippen molar-refractivity contribution in [1.29, 1.82) is 0 Å². The lowest BCUT2D eigenvalue weighted by Crippen LogP contribution is -2.44. The van der Waals surface area contributed by atoms with Gasteiger partial charge in [-0.15, -0.1) is 0 Å². The number of aromatic amines is 1. The van der Waals surface area contributed by atoms with Gasteiger partial charge in [-0.1, -0.05) is 13.8 Å². The van der Waals surface area contributed by atoms with E-state index in [9.17, 15) is 0 Å². The Morgan fingerprint density at radius 1 is 1.19 bits per heavy atom. The number of rotatable bonds is 4. The maximum Gasteiger partial charge on any atom is 0.0187 e. The maximum atomic E-state index is 3.56. The number of hydrogen-bond acceptors (Lipinski definition) is 2. The van der Waals surface area contributed by atoms with Crippen LogP contribution in [0.25, 0.3) is 0 Å². The van der Waals surface area contributed by atoms with Gasteiger partial charge >= 0.3 is 0 Å². The highest BCUT2D eigenvalue weighted by Crippen LogP contribution is 2.35. The number of H-pyrrole nitrogens is 1. The number of hydrogen-bond donors (Lipinski definition) is 1. The molecule has 1 saturated heterocycles. The third-order valence-corrected chi connectivity index (χ3v) is 5.40. The van der Waals surface area contributed by atoms with Crippen LogP contribution >= 0.6 is 0 Å². The molecule has 1 aromatic rings. The number of aromatic nitrogens is 1. The van der Waals surface area contributed by atoms with E-state index in [-0.39, 0.29) is 0 Å². The molecule has 0 saturated carbocycles. The molecule has 0 bridgehead atoms. The van der Waals surface area contributed by atoms with E-state index in [0.29, 0.717) is 5.41 Å². The van der Waals surface area contributed by atoms with E-state index >= 15 is 0 Å². The Kier molecular flexibility index (Phi) is 4.41. The topological polar surface area (TPSA) is 22.3 Å². The molecule has 1 aliphatic carbocycles. The van der Waals surface area contributed by atoms with Crippen molar-refractivity contribution < 1.29 is 0 Å². The van der Waals surface area contributed by atoms with Crippen LogP contribution in [0.3, 0.4) is 0 Å². The van der Waals surface area contributed by atoms with Crippen LogP contribution < -0.4 is 0 Å². The lowest BCUT2D eigenvalue weighted by molar-refractivity contribution is 0.153. The Bertz CT molecular complexity index is 467. The second-order valence-electron chi connectivity index (χ2n) is 7.86. The molecule has 0 unspecified atom stereocenters. The molecule has 1 aliphatic heterocycles. The van der Waals surface area contributed by atoms with E-state index in [1.54, 1.807) is 11.1 Å². The van der Waals surface area contributed by atoms with Gasteiger partial charge in [0.1, 0.15) is 0 Å². The summed E-state index contributed by atoms with van der Waals surface area (Å²) in [5.74, 6) is 0. The van der Waals surface area contributed by atoms with Gasteiger partial charge < -0.3 is 14.8 Å². The van der Waals surface area contributed by atoms with Crippen molar-refractivity contribution in [3.63, 3.8) is 0 Å².